The maximum atomic E-state index is 12.2. The first-order chi connectivity index (χ1) is 6.27. The van der Waals surface area contributed by atoms with Gasteiger partial charge in [0.05, 0.1) is 13.2 Å². The van der Waals surface area contributed by atoms with Crippen LogP contribution in [0.15, 0.2) is 0 Å². The third-order valence-electron chi connectivity index (χ3n) is 2.11. The molecule has 0 atom stereocenters. The molecule has 0 saturated carbocycles. The summed E-state index contributed by atoms with van der Waals surface area (Å²) in [5, 5.41) is 0. The molecule has 0 unspecified atom stereocenters. The number of ether oxygens (including phenoxy) is 1. The van der Waals surface area contributed by atoms with Gasteiger partial charge in [0.25, 0.3) is 0 Å². The van der Waals surface area contributed by atoms with Crippen LogP contribution in [0.5, 0.6) is 0 Å². The molecule has 2 aliphatic heterocycles. The zero-order valence-electron chi connectivity index (χ0n) is 7.81. The average Bonchev–Trinajstić information content (AvgIpc) is 2.95. The predicted octanol–water partition coefficient (Wildman–Crippen LogP) is 0.389. The largest absolute Gasteiger partial charge is 0.382 e. The SMILES string of the molecule is COCCOP(=O)(N1CC1)N1CC1. The Hall–Kier alpha value is 0.0700. The van der Waals surface area contributed by atoms with Gasteiger partial charge in [-0.15, -0.1) is 0 Å². The van der Waals surface area contributed by atoms with E-state index in [1.165, 1.54) is 0 Å². The molecule has 2 rings (SSSR count). The summed E-state index contributed by atoms with van der Waals surface area (Å²) in [6, 6.07) is 0. The van der Waals surface area contributed by atoms with Gasteiger partial charge in [0.15, 0.2) is 0 Å². The number of rotatable bonds is 6. The van der Waals surface area contributed by atoms with E-state index in [1.807, 2.05) is 9.34 Å². The topological polar surface area (TPSA) is 41.5 Å². The zero-order valence-corrected chi connectivity index (χ0v) is 8.70. The van der Waals surface area contributed by atoms with Crippen LogP contribution in [0.1, 0.15) is 0 Å². The highest BCUT2D eigenvalue weighted by Crippen LogP contribution is 2.60. The second kappa shape index (κ2) is 3.67. The Morgan fingerprint density at radius 2 is 1.69 bits per heavy atom. The summed E-state index contributed by atoms with van der Waals surface area (Å²) in [6.07, 6.45) is 0. The molecule has 6 heteroatoms. The van der Waals surface area contributed by atoms with E-state index in [0.29, 0.717) is 13.2 Å². The highest BCUT2D eigenvalue weighted by Gasteiger charge is 2.49. The molecule has 0 aromatic carbocycles. The molecule has 0 aliphatic carbocycles. The first kappa shape index (κ1) is 9.62. The Morgan fingerprint density at radius 3 is 2.08 bits per heavy atom. The molecule has 0 radical (unpaired) electrons. The summed E-state index contributed by atoms with van der Waals surface area (Å²) in [5.41, 5.74) is 0. The predicted molar refractivity (Wildman–Crippen MR) is 48.6 cm³/mol. The first-order valence-electron chi connectivity index (χ1n) is 4.52. The monoisotopic (exact) mass is 206 g/mol. The summed E-state index contributed by atoms with van der Waals surface area (Å²) in [5.74, 6) is 0. The Balaban J connectivity index is 1.85. The quantitative estimate of drug-likeness (QED) is 0.357. The fourth-order valence-electron chi connectivity index (χ4n) is 1.18. The third kappa shape index (κ3) is 2.11. The van der Waals surface area contributed by atoms with Crippen molar-refractivity contribution in [2.45, 2.75) is 0 Å². The van der Waals surface area contributed by atoms with E-state index in [-0.39, 0.29) is 0 Å². The van der Waals surface area contributed by atoms with Crippen molar-refractivity contribution in [1.82, 2.24) is 9.34 Å². The summed E-state index contributed by atoms with van der Waals surface area (Å²) in [6.45, 7) is 4.54. The van der Waals surface area contributed by atoms with Crippen molar-refractivity contribution in [3.63, 3.8) is 0 Å². The van der Waals surface area contributed by atoms with E-state index >= 15 is 0 Å². The van der Waals surface area contributed by atoms with Gasteiger partial charge in [-0.25, -0.2) is 9.34 Å². The summed E-state index contributed by atoms with van der Waals surface area (Å²) in [7, 11) is -0.970. The maximum absolute atomic E-state index is 12.2. The molecule has 0 N–H and O–H groups in total. The molecule has 0 bridgehead atoms. The molecule has 0 aromatic rings. The van der Waals surface area contributed by atoms with E-state index in [0.717, 1.165) is 26.2 Å². The molecule has 0 aromatic heterocycles. The van der Waals surface area contributed by atoms with Gasteiger partial charge in [0, 0.05) is 33.3 Å². The fourth-order valence-corrected chi connectivity index (χ4v) is 3.36. The zero-order chi connectivity index (χ0) is 9.31. The van der Waals surface area contributed by atoms with Gasteiger partial charge in [-0.3, -0.25) is 4.57 Å². The summed E-state index contributed by atoms with van der Waals surface area (Å²) in [4.78, 5) is 0. The van der Waals surface area contributed by atoms with Crippen LogP contribution in [0.2, 0.25) is 0 Å². The number of hydrogen-bond donors (Lipinski definition) is 0. The minimum absolute atomic E-state index is 0.417. The lowest BCUT2D eigenvalue weighted by molar-refractivity contribution is 0.140. The van der Waals surface area contributed by atoms with Gasteiger partial charge < -0.3 is 9.26 Å². The number of methoxy groups -OCH3 is 1. The van der Waals surface area contributed by atoms with Crippen LogP contribution in [0, 0.1) is 0 Å². The van der Waals surface area contributed by atoms with Crippen LogP contribution in [0.3, 0.4) is 0 Å². The van der Waals surface area contributed by atoms with Crippen molar-refractivity contribution in [1.29, 1.82) is 0 Å². The molecule has 2 saturated heterocycles. The summed E-state index contributed by atoms with van der Waals surface area (Å²) >= 11 is 0. The highest BCUT2D eigenvalue weighted by molar-refractivity contribution is 7.54. The normalized spacial score (nSPS) is 23.5. The van der Waals surface area contributed by atoms with Crippen LogP contribution in [-0.2, 0) is 13.8 Å². The van der Waals surface area contributed by atoms with Crippen LogP contribution in [0.25, 0.3) is 0 Å². The minimum Gasteiger partial charge on any atom is -0.382 e. The highest BCUT2D eigenvalue weighted by atomic mass is 31.2. The van der Waals surface area contributed by atoms with Crippen molar-refractivity contribution < 1.29 is 13.8 Å². The lowest BCUT2D eigenvalue weighted by Crippen LogP contribution is -2.10. The molecule has 76 valence electrons. The molecular formula is C7H15N2O3P. The van der Waals surface area contributed by atoms with Crippen molar-refractivity contribution >= 4 is 7.67 Å². The van der Waals surface area contributed by atoms with Gasteiger partial charge in [-0.1, -0.05) is 0 Å². The molecule has 0 amide bonds. The molecule has 13 heavy (non-hydrogen) atoms. The number of hydrogen-bond acceptors (Lipinski definition) is 3. The standard InChI is InChI=1S/C7H15N2O3P/c1-11-6-7-12-13(10,8-2-3-8)9-4-5-9/h2-7H2,1H3. The fraction of sp³-hybridized carbons (Fsp3) is 1.00. The average molecular weight is 206 g/mol. The molecule has 5 nitrogen and oxygen atoms in total. The second-order valence-corrected chi connectivity index (χ2v) is 5.59. The molecular weight excluding hydrogens is 191 g/mol. The van der Waals surface area contributed by atoms with E-state index in [4.69, 9.17) is 9.26 Å². The van der Waals surface area contributed by atoms with Gasteiger partial charge in [0.1, 0.15) is 0 Å². The lowest BCUT2D eigenvalue weighted by Gasteiger charge is -2.19. The third-order valence-corrected chi connectivity index (χ3v) is 4.86. The van der Waals surface area contributed by atoms with Crippen molar-refractivity contribution in [3.05, 3.63) is 0 Å². The Kier molecular flexibility index (Phi) is 2.72. The molecule has 0 spiro atoms. The van der Waals surface area contributed by atoms with Crippen molar-refractivity contribution in [2.24, 2.45) is 0 Å². The maximum Gasteiger partial charge on any atom is 0.346 e. The Labute approximate surface area is 78.2 Å². The van der Waals surface area contributed by atoms with Gasteiger partial charge >= 0.3 is 7.67 Å². The minimum atomic E-state index is -2.58. The van der Waals surface area contributed by atoms with Gasteiger partial charge in [0.2, 0.25) is 0 Å². The van der Waals surface area contributed by atoms with Gasteiger partial charge in [-0.2, -0.15) is 0 Å². The van der Waals surface area contributed by atoms with Crippen molar-refractivity contribution in [3.8, 4) is 0 Å². The van der Waals surface area contributed by atoms with Crippen LogP contribution >= 0.6 is 7.67 Å². The summed E-state index contributed by atoms with van der Waals surface area (Å²) < 4.78 is 26.2. The Bertz CT molecular complexity index is 212. The van der Waals surface area contributed by atoms with E-state index in [1.54, 1.807) is 7.11 Å². The van der Waals surface area contributed by atoms with E-state index < -0.39 is 7.67 Å². The van der Waals surface area contributed by atoms with Crippen LogP contribution in [0.4, 0.5) is 0 Å². The van der Waals surface area contributed by atoms with Gasteiger partial charge in [-0.05, 0) is 0 Å². The Morgan fingerprint density at radius 1 is 1.15 bits per heavy atom. The molecule has 2 aliphatic rings. The lowest BCUT2D eigenvalue weighted by atomic mass is 10.8. The van der Waals surface area contributed by atoms with E-state index in [9.17, 15) is 4.57 Å². The smallest absolute Gasteiger partial charge is 0.346 e. The van der Waals surface area contributed by atoms with E-state index in [2.05, 4.69) is 0 Å². The van der Waals surface area contributed by atoms with Crippen molar-refractivity contribution in [2.75, 3.05) is 46.5 Å². The second-order valence-electron chi connectivity index (χ2n) is 3.22. The van der Waals surface area contributed by atoms with Crippen LogP contribution < -0.4 is 0 Å². The molecule has 2 fully saturated rings. The van der Waals surface area contributed by atoms with Crippen LogP contribution in [-0.4, -0.2) is 55.8 Å². The first-order valence-corrected chi connectivity index (χ1v) is 6.05. The molecule has 2 heterocycles. The number of nitrogens with zero attached hydrogens (tertiary/aromatic N) is 2.